The zero-order valence-corrected chi connectivity index (χ0v) is 11.9. The predicted molar refractivity (Wildman–Crippen MR) is 83.0 cm³/mol. The van der Waals surface area contributed by atoms with Gasteiger partial charge in [0.25, 0.3) is 0 Å². The highest BCUT2D eigenvalue weighted by Gasteiger charge is 2.04. The maximum Gasteiger partial charge on any atom is 0.203 e. The standard InChI is InChI=1S/C14H10FN3S2/c15-11-5-2-1-4-10(11)8-16-18-14-17-12(9-20-14)13-6-3-7-19-13/h1-9H,(H,17,18)/b16-8-. The Bertz CT molecular complexity index is 720. The second-order valence-electron chi connectivity index (χ2n) is 3.91. The second kappa shape index (κ2) is 5.94. The number of hydrogen-bond acceptors (Lipinski definition) is 5. The van der Waals surface area contributed by atoms with E-state index in [0.29, 0.717) is 10.7 Å². The summed E-state index contributed by atoms with van der Waals surface area (Å²) >= 11 is 3.10. The molecule has 0 aliphatic carbocycles. The second-order valence-corrected chi connectivity index (χ2v) is 5.71. The van der Waals surface area contributed by atoms with Crippen LogP contribution in [-0.2, 0) is 0 Å². The van der Waals surface area contributed by atoms with Gasteiger partial charge in [0.1, 0.15) is 5.82 Å². The van der Waals surface area contributed by atoms with E-state index in [9.17, 15) is 4.39 Å². The highest BCUT2D eigenvalue weighted by Crippen LogP contribution is 2.28. The number of nitrogens with one attached hydrogen (secondary N) is 1. The van der Waals surface area contributed by atoms with Gasteiger partial charge in [0.2, 0.25) is 5.13 Å². The first-order chi connectivity index (χ1) is 9.83. The van der Waals surface area contributed by atoms with Crippen LogP contribution in [0.25, 0.3) is 10.6 Å². The number of aromatic nitrogens is 1. The van der Waals surface area contributed by atoms with Crippen molar-refractivity contribution < 1.29 is 4.39 Å². The van der Waals surface area contributed by atoms with E-state index >= 15 is 0 Å². The van der Waals surface area contributed by atoms with Gasteiger partial charge in [0.05, 0.1) is 16.8 Å². The summed E-state index contributed by atoms with van der Waals surface area (Å²) in [6, 6.07) is 10.5. The van der Waals surface area contributed by atoms with Crippen LogP contribution >= 0.6 is 22.7 Å². The molecule has 0 saturated carbocycles. The highest BCUT2D eigenvalue weighted by atomic mass is 32.1. The first kappa shape index (κ1) is 13.0. The Morgan fingerprint density at radius 1 is 1.15 bits per heavy atom. The third kappa shape index (κ3) is 2.92. The van der Waals surface area contributed by atoms with Crippen LogP contribution in [0.1, 0.15) is 5.56 Å². The molecule has 0 unspecified atom stereocenters. The van der Waals surface area contributed by atoms with Crippen molar-refractivity contribution >= 4 is 34.0 Å². The average molecular weight is 303 g/mol. The molecular weight excluding hydrogens is 293 g/mol. The fourth-order valence-electron chi connectivity index (χ4n) is 1.60. The molecule has 20 heavy (non-hydrogen) atoms. The van der Waals surface area contributed by atoms with Gasteiger partial charge in [-0.05, 0) is 17.5 Å². The van der Waals surface area contributed by atoms with Crippen molar-refractivity contribution in [2.75, 3.05) is 5.43 Å². The third-order valence-corrected chi connectivity index (χ3v) is 4.19. The average Bonchev–Trinajstić information content (AvgIpc) is 3.11. The van der Waals surface area contributed by atoms with Crippen LogP contribution in [0.2, 0.25) is 0 Å². The molecule has 2 heterocycles. The van der Waals surface area contributed by atoms with Gasteiger partial charge >= 0.3 is 0 Å². The smallest absolute Gasteiger partial charge is 0.203 e. The fourth-order valence-corrected chi connectivity index (χ4v) is 3.02. The number of anilines is 1. The summed E-state index contributed by atoms with van der Waals surface area (Å²) in [6.07, 6.45) is 1.45. The van der Waals surface area contributed by atoms with Gasteiger partial charge in [0.15, 0.2) is 0 Å². The molecule has 0 spiro atoms. The molecule has 3 aromatic rings. The normalized spacial score (nSPS) is 11.1. The molecule has 100 valence electrons. The van der Waals surface area contributed by atoms with E-state index in [1.807, 2.05) is 22.9 Å². The molecule has 0 atom stereocenters. The molecule has 0 radical (unpaired) electrons. The molecule has 2 aromatic heterocycles. The van der Waals surface area contributed by atoms with Gasteiger partial charge in [0, 0.05) is 10.9 Å². The van der Waals surface area contributed by atoms with Crippen molar-refractivity contribution in [1.82, 2.24) is 4.98 Å². The summed E-state index contributed by atoms with van der Waals surface area (Å²) in [4.78, 5) is 5.53. The monoisotopic (exact) mass is 303 g/mol. The molecular formula is C14H10FN3S2. The van der Waals surface area contributed by atoms with Crippen molar-refractivity contribution in [3.63, 3.8) is 0 Å². The number of thiazole rings is 1. The van der Waals surface area contributed by atoms with Crippen LogP contribution in [-0.4, -0.2) is 11.2 Å². The van der Waals surface area contributed by atoms with Crippen LogP contribution in [0.4, 0.5) is 9.52 Å². The number of rotatable bonds is 4. The van der Waals surface area contributed by atoms with Crippen LogP contribution < -0.4 is 5.43 Å². The number of thiophene rings is 1. The van der Waals surface area contributed by atoms with Gasteiger partial charge in [-0.2, -0.15) is 5.10 Å². The molecule has 0 amide bonds. The van der Waals surface area contributed by atoms with E-state index < -0.39 is 0 Å². The van der Waals surface area contributed by atoms with E-state index in [2.05, 4.69) is 15.5 Å². The van der Waals surface area contributed by atoms with Gasteiger partial charge in [-0.15, -0.1) is 22.7 Å². The van der Waals surface area contributed by atoms with Crippen molar-refractivity contribution in [2.24, 2.45) is 5.10 Å². The van der Waals surface area contributed by atoms with E-state index in [1.165, 1.54) is 23.6 Å². The third-order valence-electron chi connectivity index (χ3n) is 2.55. The molecule has 3 rings (SSSR count). The molecule has 3 nitrogen and oxygen atoms in total. The van der Waals surface area contributed by atoms with E-state index in [-0.39, 0.29) is 5.82 Å². The fraction of sp³-hybridized carbons (Fsp3) is 0. The Balaban J connectivity index is 1.69. The van der Waals surface area contributed by atoms with Gasteiger partial charge in [-0.25, -0.2) is 9.37 Å². The minimum atomic E-state index is -0.295. The number of hydrogen-bond donors (Lipinski definition) is 1. The summed E-state index contributed by atoms with van der Waals surface area (Å²) in [7, 11) is 0. The van der Waals surface area contributed by atoms with Crippen LogP contribution in [0, 0.1) is 5.82 Å². The molecule has 0 saturated heterocycles. The lowest BCUT2D eigenvalue weighted by molar-refractivity contribution is 0.626. The molecule has 1 aromatic carbocycles. The lowest BCUT2D eigenvalue weighted by atomic mass is 10.2. The largest absolute Gasteiger partial charge is 0.253 e. The van der Waals surface area contributed by atoms with E-state index in [0.717, 1.165) is 10.6 Å². The van der Waals surface area contributed by atoms with Crippen molar-refractivity contribution in [3.8, 4) is 10.6 Å². The molecule has 0 bridgehead atoms. The van der Waals surface area contributed by atoms with Crippen molar-refractivity contribution in [3.05, 3.63) is 58.5 Å². The van der Waals surface area contributed by atoms with Crippen molar-refractivity contribution in [2.45, 2.75) is 0 Å². The van der Waals surface area contributed by atoms with Gasteiger partial charge in [-0.3, -0.25) is 5.43 Å². The van der Waals surface area contributed by atoms with Crippen LogP contribution in [0.3, 0.4) is 0 Å². The molecule has 0 fully saturated rings. The minimum absolute atomic E-state index is 0.295. The number of hydrazone groups is 1. The molecule has 1 N–H and O–H groups in total. The first-order valence-electron chi connectivity index (χ1n) is 5.86. The Kier molecular flexibility index (Phi) is 3.85. The lowest BCUT2D eigenvalue weighted by Crippen LogP contribution is -1.92. The first-order valence-corrected chi connectivity index (χ1v) is 7.62. The summed E-state index contributed by atoms with van der Waals surface area (Å²) in [5, 5.41) is 8.66. The van der Waals surface area contributed by atoms with E-state index in [1.54, 1.807) is 29.5 Å². The quantitative estimate of drug-likeness (QED) is 0.571. The van der Waals surface area contributed by atoms with Gasteiger partial charge < -0.3 is 0 Å². The number of nitrogens with zero attached hydrogens (tertiary/aromatic N) is 2. The predicted octanol–water partition coefficient (Wildman–Crippen LogP) is 4.46. The minimum Gasteiger partial charge on any atom is -0.253 e. The van der Waals surface area contributed by atoms with Crippen LogP contribution in [0.15, 0.2) is 52.3 Å². The van der Waals surface area contributed by atoms with Crippen molar-refractivity contribution in [1.29, 1.82) is 0 Å². The Labute approximate surface area is 123 Å². The molecule has 0 aliphatic heterocycles. The summed E-state index contributed by atoms with van der Waals surface area (Å²) in [5.74, 6) is -0.295. The van der Waals surface area contributed by atoms with E-state index in [4.69, 9.17) is 0 Å². The number of halogens is 1. The summed E-state index contributed by atoms with van der Waals surface area (Å²) < 4.78 is 13.4. The Morgan fingerprint density at radius 2 is 2.05 bits per heavy atom. The lowest BCUT2D eigenvalue weighted by Gasteiger charge is -1.95. The van der Waals surface area contributed by atoms with Crippen LogP contribution in [0.5, 0.6) is 0 Å². The zero-order valence-electron chi connectivity index (χ0n) is 10.3. The maximum atomic E-state index is 13.4. The topological polar surface area (TPSA) is 37.3 Å². The summed E-state index contributed by atoms with van der Waals surface area (Å²) in [5.41, 5.74) is 4.18. The van der Waals surface area contributed by atoms with Gasteiger partial charge in [-0.1, -0.05) is 24.3 Å². The zero-order chi connectivity index (χ0) is 13.8. The number of benzene rings is 1. The maximum absolute atomic E-state index is 13.4. The molecule has 6 heteroatoms. The highest BCUT2D eigenvalue weighted by molar-refractivity contribution is 7.15. The Morgan fingerprint density at radius 3 is 2.85 bits per heavy atom. The Hall–Kier alpha value is -2.05. The molecule has 0 aliphatic rings. The summed E-state index contributed by atoms with van der Waals surface area (Å²) in [6.45, 7) is 0. The SMILES string of the molecule is Fc1ccccc1/C=N\Nc1nc(-c2cccs2)cs1.